The van der Waals surface area contributed by atoms with Gasteiger partial charge in [0.15, 0.2) is 0 Å². The number of amides is 1. The highest BCUT2D eigenvalue weighted by atomic mass is 16.4. The van der Waals surface area contributed by atoms with E-state index >= 15 is 0 Å². The third kappa shape index (κ3) is 6.26. The number of hydrogen-bond donors (Lipinski definition) is 3. The summed E-state index contributed by atoms with van der Waals surface area (Å²) in [5.74, 6) is -0.607. The van der Waals surface area contributed by atoms with Crippen molar-refractivity contribution in [3.8, 4) is 0 Å². The average Bonchev–Trinajstić information content (AvgIpc) is 2.94. The predicted octanol–water partition coefficient (Wildman–Crippen LogP) is 0.873. The Morgan fingerprint density at radius 2 is 2.06 bits per heavy atom. The summed E-state index contributed by atoms with van der Waals surface area (Å²) in [7, 11) is 0. The van der Waals surface area contributed by atoms with E-state index in [1.807, 2.05) is 13.8 Å². The minimum absolute atomic E-state index is 0.0163. The van der Waals surface area contributed by atoms with Crippen LogP contribution in [0.25, 0.3) is 0 Å². The lowest BCUT2D eigenvalue weighted by atomic mass is 9.99. The van der Waals surface area contributed by atoms with E-state index in [4.69, 9.17) is 10.8 Å². The molecule has 0 spiro atoms. The van der Waals surface area contributed by atoms with E-state index in [-0.39, 0.29) is 23.9 Å². The maximum Gasteiger partial charge on any atom is 0.305 e. The van der Waals surface area contributed by atoms with Gasteiger partial charge >= 0.3 is 5.97 Å². The molecule has 0 heterocycles. The summed E-state index contributed by atoms with van der Waals surface area (Å²) >= 11 is 0. The summed E-state index contributed by atoms with van der Waals surface area (Å²) in [5.41, 5.74) is 5.43. The molecule has 0 saturated heterocycles. The van der Waals surface area contributed by atoms with Crippen LogP contribution >= 0.6 is 0 Å². The Morgan fingerprint density at radius 1 is 1.47 bits per heavy atom. The highest BCUT2D eigenvalue weighted by molar-refractivity contribution is 5.77. The number of nitrogens with one attached hydrogen (secondary N) is 1. The van der Waals surface area contributed by atoms with Crippen LogP contribution in [0.1, 0.15) is 46.0 Å². The van der Waals surface area contributed by atoms with E-state index in [0.717, 1.165) is 12.8 Å². The molecular weight excluding hydrogens is 220 g/mol. The van der Waals surface area contributed by atoms with Crippen molar-refractivity contribution in [2.45, 2.75) is 57.5 Å². The number of rotatable bonds is 7. The van der Waals surface area contributed by atoms with Gasteiger partial charge in [-0.3, -0.25) is 9.59 Å². The Labute approximate surface area is 102 Å². The molecule has 98 valence electrons. The first-order valence-corrected chi connectivity index (χ1v) is 6.08. The van der Waals surface area contributed by atoms with Gasteiger partial charge in [-0.25, -0.2) is 0 Å². The number of aliphatic carboxylic acids is 1. The smallest absolute Gasteiger partial charge is 0.305 e. The topological polar surface area (TPSA) is 92.4 Å². The Kier molecular flexibility index (Phi) is 4.51. The number of hydrogen-bond acceptors (Lipinski definition) is 3. The van der Waals surface area contributed by atoms with E-state index in [2.05, 4.69) is 5.32 Å². The first kappa shape index (κ1) is 14.0. The second-order valence-corrected chi connectivity index (χ2v) is 5.60. The SMILES string of the molecule is CC(C)(N)CCC(=O)NC(CC(=O)O)C1CC1. The van der Waals surface area contributed by atoms with Crippen molar-refractivity contribution in [3.05, 3.63) is 0 Å². The molecule has 1 aliphatic rings. The summed E-state index contributed by atoms with van der Waals surface area (Å²) in [5, 5.41) is 11.6. The van der Waals surface area contributed by atoms with Crippen LogP contribution in [0.4, 0.5) is 0 Å². The van der Waals surface area contributed by atoms with Crippen molar-refractivity contribution in [3.63, 3.8) is 0 Å². The lowest BCUT2D eigenvalue weighted by Gasteiger charge is -2.20. The minimum atomic E-state index is -0.860. The monoisotopic (exact) mass is 242 g/mol. The quantitative estimate of drug-likeness (QED) is 0.617. The zero-order chi connectivity index (χ0) is 13.1. The summed E-state index contributed by atoms with van der Waals surface area (Å²) < 4.78 is 0. The number of carbonyl (C=O) groups excluding carboxylic acids is 1. The summed E-state index contributed by atoms with van der Waals surface area (Å²) in [6.45, 7) is 3.74. The Morgan fingerprint density at radius 3 is 2.47 bits per heavy atom. The van der Waals surface area contributed by atoms with E-state index < -0.39 is 5.97 Å². The molecule has 5 heteroatoms. The fraction of sp³-hybridized carbons (Fsp3) is 0.833. The van der Waals surface area contributed by atoms with Crippen LogP contribution in [0.3, 0.4) is 0 Å². The molecule has 1 amide bonds. The summed E-state index contributed by atoms with van der Waals surface area (Å²) in [4.78, 5) is 22.3. The lowest BCUT2D eigenvalue weighted by Crippen LogP contribution is -2.40. The third-order valence-corrected chi connectivity index (χ3v) is 2.93. The zero-order valence-electron chi connectivity index (χ0n) is 10.5. The molecule has 0 aromatic rings. The molecule has 1 fully saturated rings. The second-order valence-electron chi connectivity index (χ2n) is 5.60. The maximum absolute atomic E-state index is 11.7. The van der Waals surface area contributed by atoms with Gasteiger partial charge in [-0.2, -0.15) is 0 Å². The second kappa shape index (κ2) is 5.49. The van der Waals surface area contributed by atoms with Crippen LogP contribution in [0, 0.1) is 5.92 Å². The molecule has 1 saturated carbocycles. The number of carbonyl (C=O) groups is 2. The van der Waals surface area contributed by atoms with E-state index in [1.54, 1.807) is 0 Å². The van der Waals surface area contributed by atoms with Gasteiger partial charge in [-0.05, 0) is 39.0 Å². The van der Waals surface area contributed by atoms with Crippen molar-refractivity contribution in [1.82, 2.24) is 5.32 Å². The molecule has 1 aliphatic carbocycles. The van der Waals surface area contributed by atoms with Crippen molar-refractivity contribution in [2.75, 3.05) is 0 Å². The number of carboxylic acids is 1. The fourth-order valence-corrected chi connectivity index (χ4v) is 1.74. The lowest BCUT2D eigenvalue weighted by molar-refractivity contribution is -0.137. The van der Waals surface area contributed by atoms with Gasteiger partial charge in [-0.1, -0.05) is 0 Å². The van der Waals surface area contributed by atoms with Crippen LogP contribution in [0.2, 0.25) is 0 Å². The van der Waals surface area contributed by atoms with E-state index in [1.165, 1.54) is 0 Å². The third-order valence-electron chi connectivity index (χ3n) is 2.93. The number of nitrogens with two attached hydrogens (primary N) is 1. The van der Waals surface area contributed by atoms with Gasteiger partial charge in [-0.15, -0.1) is 0 Å². The van der Waals surface area contributed by atoms with Crippen LogP contribution in [-0.2, 0) is 9.59 Å². The fourth-order valence-electron chi connectivity index (χ4n) is 1.74. The van der Waals surface area contributed by atoms with Crippen LogP contribution in [0.15, 0.2) is 0 Å². The first-order chi connectivity index (χ1) is 7.78. The van der Waals surface area contributed by atoms with Crippen molar-refractivity contribution < 1.29 is 14.7 Å². The molecule has 1 atom stereocenters. The Bertz CT molecular complexity index is 293. The van der Waals surface area contributed by atoms with Crippen molar-refractivity contribution in [1.29, 1.82) is 0 Å². The largest absolute Gasteiger partial charge is 0.481 e. The Balaban J connectivity index is 2.34. The molecule has 1 unspecified atom stereocenters. The van der Waals surface area contributed by atoms with Gasteiger partial charge in [0.1, 0.15) is 0 Å². The molecule has 1 rings (SSSR count). The van der Waals surface area contributed by atoms with Crippen molar-refractivity contribution in [2.24, 2.45) is 11.7 Å². The van der Waals surface area contributed by atoms with Gasteiger partial charge in [0.05, 0.1) is 6.42 Å². The van der Waals surface area contributed by atoms with Crippen LogP contribution in [0.5, 0.6) is 0 Å². The van der Waals surface area contributed by atoms with E-state index in [9.17, 15) is 9.59 Å². The molecule has 4 N–H and O–H groups in total. The zero-order valence-corrected chi connectivity index (χ0v) is 10.5. The summed E-state index contributed by atoms with van der Waals surface area (Å²) in [6, 6.07) is -0.208. The van der Waals surface area contributed by atoms with Crippen LogP contribution < -0.4 is 11.1 Å². The molecule has 0 bridgehead atoms. The molecule has 0 radical (unpaired) electrons. The van der Waals surface area contributed by atoms with Gasteiger partial charge < -0.3 is 16.2 Å². The predicted molar refractivity (Wildman–Crippen MR) is 64.4 cm³/mol. The van der Waals surface area contributed by atoms with E-state index in [0.29, 0.717) is 18.8 Å². The van der Waals surface area contributed by atoms with Crippen molar-refractivity contribution >= 4 is 11.9 Å². The maximum atomic E-state index is 11.7. The number of carboxylic acid groups (broad SMARTS) is 1. The average molecular weight is 242 g/mol. The minimum Gasteiger partial charge on any atom is -0.481 e. The first-order valence-electron chi connectivity index (χ1n) is 6.08. The molecule has 0 aromatic carbocycles. The highest BCUT2D eigenvalue weighted by Crippen LogP contribution is 2.34. The normalized spacial score (nSPS) is 17.6. The van der Waals surface area contributed by atoms with Crippen LogP contribution in [-0.4, -0.2) is 28.6 Å². The molecular formula is C12H22N2O3. The summed E-state index contributed by atoms with van der Waals surface area (Å²) in [6.07, 6.45) is 3.00. The standard InChI is InChI=1S/C12H22N2O3/c1-12(2,13)6-5-10(15)14-9(7-11(16)17)8-3-4-8/h8-9H,3-7,13H2,1-2H3,(H,14,15)(H,16,17). The molecule has 0 aromatic heterocycles. The molecule has 17 heavy (non-hydrogen) atoms. The van der Waals surface area contributed by atoms with Gasteiger partial charge in [0.2, 0.25) is 5.91 Å². The molecule has 0 aliphatic heterocycles. The Hall–Kier alpha value is -1.10. The van der Waals surface area contributed by atoms with Gasteiger partial charge in [0, 0.05) is 18.0 Å². The van der Waals surface area contributed by atoms with Gasteiger partial charge in [0.25, 0.3) is 0 Å². The molecule has 5 nitrogen and oxygen atoms in total. The highest BCUT2D eigenvalue weighted by Gasteiger charge is 2.33.